The predicted octanol–water partition coefficient (Wildman–Crippen LogP) is 1.67. The Hall–Kier alpha value is -1.47. The van der Waals surface area contributed by atoms with Crippen LogP contribution in [0.15, 0.2) is 17.0 Å². The molecule has 0 aliphatic carbocycles. The summed E-state index contributed by atoms with van der Waals surface area (Å²) in [5.74, 6) is 0. The first kappa shape index (κ1) is 13.6. The van der Waals surface area contributed by atoms with Crippen LogP contribution in [0.3, 0.4) is 0 Å². The van der Waals surface area contributed by atoms with Gasteiger partial charge in [-0.25, -0.2) is 4.21 Å². The van der Waals surface area contributed by atoms with E-state index in [4.69, 9.17) is 11.6 Å². The number of carbonyl (C=O) groups excluding carboxylic acids is 1. The normalized spacial score (nSPS) is 11.9. The SMILES string of the molecule is Cc1cc([N+](=O)[O-])c(Cl)cc1S(=O)N(C)C=O. The van der Waals surface area contributed by atoms with E-state index in [0.717, 1.165) is 4.31 Å². The van der Waals surface area contributed by atoms with Gasteiger partial charge in [-0.05, 0) is 18.6 Å². The lowest BCUT2D eigenvalue weighted by Gasteiger charge is -2.12. The van der Waals surface area contributed by atoms with Crippen LogP contribution in [0.1, 0.15) is 5.56 Å². The lowest BCUT2D eigenvalue weighted by atomic mass is 10.2. The molecule has 92 valence electrons. The fraction of sp³-hybridized carbons (Fsp3) is 0.222. The lowest BCUT2D eigenvalue weighted by Crippen LogP contribution is -2.19. The number of hydrogen-bond donors (Lipinski definition) is 0. The van der Waals surface area contributed by atoms with Gasteiger partial charge in [0, 0.05) is 13.1 Å². The zero-order chi connectivity index (χ0) is 13.2. The van der Waals surface area contributed by atoms with Crippen LogP contribution in [0.5, 0.6) is 0 Å². The number of halogens is 1. The van der Waals surface area contributed by atoms with E-state index in [2.05, 4.69) is 0 Å². The van der Waals surface area contributed by atoms with Gasteiger partial charge >= 0.3 is 0 Å². The number of benzene rings is 1. The molecule has 0 bridgehead atoms. The molecule has 1 unspecified atom stereocenters. The molecule has 1 atom stereocenters. The second kappa shape index (κ2) is 5.24. The summed E-state index contributed by atoms with van der Waals surface area (Å²) < 4.78 is 12.8. The minimum absolute atomic E-state index is 0.108. The fourth-order valence-corrected chi connectivity index (χ4v) is 2.41. The first-order valence-corrected chi connectivity index (χ1v) is 5.91. The van der Waals surface area contributed by atoms with E-state index < -0.39 is 15.9 Å². The van der Waals surface area contributed by atoms with E-state index in [1.165, 1.54) is 19.2 Å². The molecule has 0 fully saturated rings. The highest BCUT2D eigenvalue weighted by Gasteiger charge is 2.19. The zero-order valence-electron chi connectivity index (χ0n) is 9.05. The Labute approximate surface area is 105 Å². The quantitative estimate of drug-likeness (QED) is 0.476. The number of carbonyl (C=O) groups is 1. The van der Waals surface area contributed by atoms with Gasteiger partial charge < -0.3 is 0 Å². The molecule has 1 amide bonds. The average molecular weight is 277 g/mol. The Bertz CT molecular complexity index is 506. The molecule has 0 N–H and O–H groups in total. The summed E-state index contributed by atoms with van der Waals surface area (Å²) in [6, 6.07) is 2.47. The van der Waals surface area contributed by atoms with Gasteiger partial charge in [0.1, 0.15) is 5.02 Å². The monoisotopic (exact) mass is 276 g/mol. The fourth-order valence-electron chi connectivity index (χ4n) is 1.17. The van der Waals surface area contributed by atoms with Crippen molar-refractivity contribution < 1.29 is 13.9 Å². The molecule has 0 saturated heterocycles. The number of hydrogen-bond acceptors (Lipinski definition) is 4. The van der Waals surface area contributed by atoms with Crippen LogP contribution in [0.25, 0.3) is 0 Å². The van der Waals surface area contributed by atoms with Gasteiger partial charge in [0.2, 0.25) is 6.41 Å². The minimum Gasteiger partial charge on any atom is -0.278 e. The third kappa shape index (κ3) is 2.80. The maximum Gasteiger partial charge on any atom is 0.288 e. The van der Waals surface area contributed by atoms with Crippen LogP contribution in [0, 0.1) is 17.0 Å². The standard InChI is InChI=1S/C9H9ClN2O4S/c1-6-3-8(12(14)15)7(10)4-9(6)17(16)11(2)5-13/h3-5H,1-2H3. The number of aryl methyl sites for hydroxylation is 1. The molecule has 0 aromatic heterocycles. The van der Waals surface area contributed by atoms with E-state index in [9.17, 15) is 19.1 Å². The molecule has 0 aliphatic heterocycles. The summed E-state index contributed by atoms with van der Waals surface area (Å²) in [6.07, 6.45) is 0.408. The maximum atomic E-state index is 11.8. The van der Waals surface area contributed by atoms with Gasteiger partial charge in [-0.3, -0.25) is 19.2 Å². The van der Waals surface area contributed by atoms with Crippen molar-refractivity contribution in [2.75, 3.05) is 7.05 Å². The van der Waals surface area contributed by atoms with Gasteiger partial charge in [-0.1, -0.05) is 11.6 Å². The molecule has 0 saturated carbocycles. The summed E-state index contributed by atoms with van der Waals surface area (Å²) >= 11 is 5.71. The van der Waals surface area contributed by atoms with Crippen molar-refractivity contribution in [3.63, 3.8) is 0 Å². The highest BCUT2D eigenvalue weighted by molar-refractivity contribution is 7.83. The number of nitrogens with zero attached hydrogens (tertiary/aromatic N) is 2. The van der Waals surface area contributed by atoms with E-state index in [-0.39, 0.29) is 15.6 Å². The molecular weight excluding hydrogens is 268 g/mol. The Kier molecular flexibility index (Phi) is 4.19. The lowest BCUT2D eigenvalue weighted by molar-refractivity contribution is -0.384. The zero-order valence-corrected chi connectivity index (χ0v) is 10.6. The first-order valence-electron chi connectivity index (χ1n) is 4.43. The third-order valence-corrected chi connectivity index (χ3v) is 3.77. The van der Waals surface area contributed by atoms with Crippen molar-refractivity contribution in [3.8, 4) is 0 Å². The molecule has 1 aromatic rings. The summed E-state index contributed by atoms with van der Waals surface area (Å²) in [6.45, 7) is 1.56. The summed E-state index contributed by atoms with van der Waals surface area (Å²) in [4.78, 5) is 20.8. The third-order valence-electron chi connectivity index (χ3n) is 2.04. The van der Waals surface area contributed by atoms with Gasteiger partial charge in [-0.15, -0.1) is 0 Å². The molecule has 6 nitrogen and oxygen atoms in total. The highest BCUT2D eigenvalue weighted by Crippen LogP contribution is 2.29. The number of rotatable bonds is 4. The molecular formula is C9H9ClN2O4S. The second-order valence-electron chi connectivity index (χ2n) is 3.23. The van der Waals surface area contributed by atoms with Gasteiger partial charge in [0.15, 0.2) is 11.0 Å². The predicted molar refractivity (Wildman–Crippen MR) is 63.1 cm³/mol. The molecule has 0 spiro atoms. The molecule has 1 rings (SSSR count). The van der Waals surface area contributed by atoms with Crippen LogP contribution >= 0.6 is 11.6 Å². The number of nitro groups is 1. The summed E-state index contributed by atoms with van der Waals surface area (Å²) in [7, 11) is -0.368. The Morgan fingerprint density at radius 1 is 1.53 bits per heavy atom. The van der Waals surface area contributed by atoms with E-state index in [0.29, 0.717) is 12.0 Å². The van der Waals surface area contributed by atoms with Crippen LogP contribution < -0.4 is 0 Å². The van der Waals surface area contributed by atoms with E-state index in [1.807, 2.05) is 0 Å². The Morgan fingerprint density at radius 3 is 2.59 bits per heavy atom. The second-order valence-corrected chi connectivity index (χ2v) is 5.15. The topological polar surface area (TPSA) is 80.5 Å². The van der Waals surface area contributed by atoms with Crippen LogP contribution in [0.2, 0.25) is 5.02 Å². The van der Waals surface area contributed by atoms with Crippen molar-refractivity contribution in [2.24, 2.45) is 0 Å². The summed E-state index contributed by atoms with van der Waals surface area (Å²) in [5.41, 5.74) is 0.187. The van der Waals surface area contributed by atoms with Gasteiger partial charge in [0.05, 0.1) is 9.82 Å². The van der Waals surface area contributed by atoms with Gasteiger partial charge in [-0.2, -0.15) is 0 Å². The summed E-state index contributed by atoms with van der Waals surface area (Å²) in [5, 5.41) is 10.5. The molecule has 0 aliphatic rings. The molecule has 8 heteroatoms. The molecule has 0 radical (unpaired) electrons. The van der Waals surface area contributed by atoms with Crippen LogP contribution in [-0.2, 0) is 15.8 Å². The van der Waals surface area contributed by atoms with Crippen molar-refractivity contribution in [1.82, 2.24) is 4.31 Å². The van der Waals surface area contributed by atoms with E-state index in [1.54, 1.807) is 6.92 Å². The van der Waals surface area contributed by atoms with Crippen molar-refractivity contribution in [1.29, 1.82) is 0 Å². The number of amides is 1. The Balaban J connectivity index is 3.29. The van der Waals surface area contributed by atoms with Crippen LogP contribution in [-0.4, -0.2) is 26.9 Å². The highest BCUT2D eigenvalue weighted by atomic mass is 35.5. The average Bonchev–Trinajstić information content (AvgIpc) is 2.29. The Morgan fingerprint density at radius 2 is 2.12 bits per heavy atom. The largest absolute Gasteiger partial charge is 0.288 e. The van der Waals surface area contributed by atoms with E-state index >= 15 is 0 Å². The van der Waals surface area contributed by atoms with Gasteiger partial charge in [0.25, 0.3) is 5.69 Å². The van der Waals surface area contributed by atoms with Crippen molar-refractivity contribution in [3.05, 3.63) is 32.8 Å². The van der Waals surface area contributed by atoms with Crippen molar-refractivity contribution >= 4 is 34.7 Å². The minimum atomic E-state index is -1.71. The maximum absolute atomic E-state index is 11.8. The first-order chi connectivity index (χ1) is 7.88. The van der Waals surface area contributed by atoms with Crippen LogP contribution in [0.4, 0.5) is 5.69 Å². The molecule has 17 heavy (non-hydrogen) atoms. The smallest absolute Gasteiger partial charge is 0.278 e. The number of nitro benzene ring substituents is 1. The van der Waals surface area contributed by atoms with Crippen molar-refractivity contribution in [2.45, 2.75) is 11.8 Å². The molecule has 1 aromatic carbocycles. The molecule has 0 heterocycles.